The van der Waals surface area contributed by atoms with Crippen molar-refractivity contribution in [2.45, 2.75) is 20.3 Å². The molecule has 1 saturated heterocycles. The SMILES string of the molecule is CC1CC(C)CN(c2cc(F)c(C(=O)O)cc2N)C1. The molecule has 0 spiro atoms. The van der Waals surface area contributed by atoms with Crippen LogP contribution in [0.5, 0.6) is 0 Å². The molecule has 1 heterocycles. The molecule has 4 nitrogen and oxygen atoms in total. The van der Waals surface area contributed by atoms with Gasteiger partial charge in [-0.05, 0) is 24.3 Å². The van der Waals surface area contributed by atoms with E-state index < -0.39 is 11.8 Å². The fraction of sp³-hybridized carbons (Fsp3) is 0.500. The summed E-state index contributed by atoms with van der Waals surface area (Å²) in [7, 11) is 0. The number of nitrogens with two attached hydrogens (primary N) is 1. The van der Waals surface area contributed by atoms with Gasteiger partial charge in [0.15, 0.2) is 0 Å². The number of aromatic carboxylic acids is 1. The quantitative estimate of drug-likeness (QED) is 0.807. The minimum atomic E-state index is -1.30. The number of benzene rings is 1. The Morgan fingerprint density at radius 1 is 1.37 bits per heavy atom. The van der Waals surface area contributed by atoms with E-state index in [-0.39, 0.29) is 5.56 Å². The molecule has 1 fully saturated rings. The molecule has 0 radical (unpaired) electrons. The summed E-state index contributed by atoms with van der Waals surface area (Å²) in [6.07, 6.45) is 1.14. The molecule has 1 aliphatic heterocycles. The van der Waals surface area contributed by atoms with Crippen molar-refractivity contribution in [1.82, 2.24) is 0 Å². The van der Waals surface area contributed by atoms with Crippen molar-refractivity contribution in [2.24, 2.45) is 11.8 Å². The van der Waals surface area contributed by atoms with Crippen LogP contribution in [-0.4, -0.2) is 24.2 Å². The highest BCUT2D eigenvalue weighted by molar-refractivity contribution is 5.91. The minimum Gasteiger partial charge on any atom is -0.478 e. The van der Waals surface area contributed by atoms with E-state index in [1.807, 2.05) is 4.90 Å². The summed E-state index contributed by atoms with van der Waals surface area (Å²) >= 11 is 0. The lowest BCUT2D eigenvalue weighted by molar-refractivity contribution is 0.0692. The summed E-state index contributed by atoms with van der Waals surface area (Å²) in [6, 6.07) is 2.44. The third-order valence-electron chi connectivity index (χ3n) is 3.56. The summed E-state index contributed by atoms with van der Waals surface area (Å²) in [5, 5.41) is 8.87. The van der Waals surface area contributed by atoms with E-state index in [1.165, 1.54) is 12.1 Å². The monoisotopic (exact) mass is 266 g/mol. The highest BCUT2D eigenvalue weighted by Gasteiger charge is 2.24. The summed E-state index contributed by atoms with van der Waals surface area (Å²) in [6.45, 7) is 5.95. The number of hydrogen-bond acceptors (Lipinski definition) is 3. The first kappa shape index (κ1) is 13.6. The Morgan fingerprint density at radius 3 is 2.47 bits per heavy atom. The Bertz CT molecular complexity index is 494. The molecule has 3 N–H and O–H groups in total. The molecule has 0 saturated carbocycles. The Hall–Kier alpha value is -1.78. The van der Waals surface area contributed by atoms with Crippen LogP contribution < -0.4 is 10.6 Å². The number of nitrogens with zero attached hydrogens (tertiary/aromatic N) is 1. The van der Waals surface area contributed by atoms with E-state index in [9.17, 15) is 9.18 Å². The number of carbonyl (C=O) groups is 1. The van der Waals surface area contributed by atoms with E-state index in [0.717, 1.165) is 19.5 Å². The second-order valence-electron chi connectivity index (χ2n) is 5.55. The highest BCUT2D eigenvalue weighted by atomic mass is 19.1. The second kappa shape index (κ2) is 5.07. The molecule has 2 atom stereocenters. The fourth-order valence-corrected chi connectivity index (χ4v) is 2.88. The molecule has 19 heavy (non-hydrogen) atoms. The zero-order valence-corrected chi connectivity index (χ0v) is 11.2. The number of nitrogen functional groups attached to an aromatic ring is 1. The van der Waals surface area contributed by atoms with Crippen molar-refractivity contribution >= 4 is 17.3 Å². The van der Waals surface area contributed by atoms with Crippen molar-refractivity contribution in [3.8, 4) is 0 Å². The van der Waals surface area contributed by atoms with E-state index in [2.05, 4.69) is 13.8 Å². The van der Waals surface area contributed by atoms with Gasteiger partial charge in [-0.1, -0.05) is 13.8 Å². The van der Waals surface area contributed by atoms with Crippen LogP contribution in [0.4, 0.5) is 15.8 Å². The molecule has 1 aliphatic rings. The third-order valence-corrected chi connectivity index (χ3v) is 3.56. The van der Waals surface area contributed by atoms with Crippen LogP contribution in [0.3, 0.4) is 0 Å². The van der Waals surface area contributed by atoms with Crippen molar-refractivity contribution in [2.75, 3.05) is 23.7 Å². The molecule has 2 rings (SSSR count). The molecular formula is C14H19FN2O2. The molecule has 5 heteroatoms. The highest BCUT2D eigenvalue weighted by Crippen LogP contribution is 2.32. The standard InChI is InChI=1S/C14H19FN2O2/c1-8-3-9(2)7-17(6-8)13-5-11(15)10(14(18)19)4-12(13)16/h4-5,8-9H,3,6-7,16H2,1-2H3,(H,18,19). The van der Waals surface area contributed by atoms with Crippen molar-refractivity contribution in [3.05, 3.63) is 23.5 Å². The van der Waals surface area contributed by atoms with Gasteiger partial charge in [0, 0.05) is 19.2 Å². The number of anilines is 2. The number of halogens is 1. The van der Waals surface area contributed by atoms with Crippen LogP contribution in [0.15, 0.2) is 12.1 Å². The molecule has 1 aromatic rings. The maximum absolute atomic E-state index is 13.8. The predicted molar refractivity (Wildman–Crippen MR) is 72.9 cm³/mol. The van der Waals surface area contributed by atoms with Gasteiger partial charge in [-0.3, -0.25) is 0 Å². The number of carboxylic acids is 1. The van der Waals surface area contributed by atoms with Crippen molar-refractivity contribution in [1.29, 1.82) is 0 Å². The van der Waals surface area contributed by atoms with Gasteiger partial charge in [0.05, 0.1) is 16.9 Å². The van der Waals surface area contributed by atoms with Crippen LogP contribution in [0.1, 0.15) is 30.6 Å². The maximum Gasteiger partial charge on any atom is 0.338 e. The number of rotatable bonds is 2. The minimum absolute atomic E-state index is 0.320. The van der Waals surface area contributed by atoms with Crippen LogP contribution >= 0.6 is 0 Å². The van der Waals surface area contributed by atoms with Gasteiger partial charge in [0.1, 0.15) is 5.82 Å². The summed E-state index contributed by atoms with van der Waals surface area (Å²) in [5.41, 5.74) is 6.42. The lowest BCUT2D eigenvalue weighted by Crippen LogP contribution is -2.39. The molecule has 104 valence electrons. The maximum atomic E-state index is 13.8. The smallest absolute Gasteiger partial charge is 0.338 e. The molecule has 1 aromatic carbocycles. The van der Waals surface area contributed by atoms with Gasteiger partial charge in [-0.2, -0.15) is 0 Å². The Morgan fingerprint density at radius 2 is 1.95 bits per heavy atom. The first-order valence-electron chi connectivity index (χ1n) is 6.45. The third kappa shape index (κ3) is 2.80. The largest absolute Gasteiger partial charge is 0.478 e. The zero-order valence-electron chi connectivity index (χ0n) is 11.2. The zero-order chi connectivity index (χ0) is 14.2. The summed E-state index contributed by atoms with van der Waals surface area (Å²) < 4.78 is 13.8. The molecule has 2 unspecified atom stereocenters. The molecule has 0 aromatic heterocycles. The number of carboxylic acid groups (broad SMARTS) is 1. The topological polar surface area (TPSA) is 66.6 Å². The molecule has 0 bridgehead atoms. The predicted octanol–water partition coefficient (Wildman–Crippen LogP) is 2.59. The summed E-state index contributed by atoms with van der Waals surface area (Å²) in [4.78, 5) is 12.9. The average Bonchev–Trinajstić information content (AvgIpc) is 2.30. The fourth-order valence-electron chi connectivity index (χ4n) is 2.88. The average molecular weight is 266 g/mol. The van der Waals surface area contributed by atoms with Crippen LogP contribution in [-0.2, 0) is 0 Å². The summed E-state index contributed by atoms with van der Waals surface area (Å²) in [5.74, 6) is -0.991. The van der Waals surface area contributed by atoms with E-state index in [4.69, 9.17) is 10.8 Å². The Balaban J connectivity index is 2.35. The number of piperidine rings is 1. The normalized spacial score (nSPS) is 23.4. The van der Waals surface area contributed by atoms with Gasteiger partial charge in [-0.15, -0.1) is 0 Å². The first-order valence-corrected chi connectivity index (χ1v) is 6.45. The van der Waals surface area contributed by atoms with E-state index in [0.29, 0.717) is 23.2 Å². The van der Waals surface area contributed by atoms with Gasteiger partial charge in [0.2, 0.25) is 0 Å². The van der Waals surface area contributed by atoms with Crippen LogP contribution in [0.25, 0.3) is 0 Å². The van der Waals surface area contributed by atoms with Crippen molar-refractivity contribution in [3.63, 3.8) is 0 Å². The van der Waals surface area contributed by atoms with Gasteiger partial charge < -0.3 is 15.7 Å². The van der Waals surface area contributed by atoms with Crippen LogP contribution in [0, 0.1) is 17.7 Å². The molecular weight excluding hydrogens is 247 g/mol. The first-order chi connectivity index (χ1) is 8.88. The number of hydrogen-bond donors (Lipinski definition) is 2. The van der Waals surface area contributed by atoms with Crippen molar-refractivity contribution < 1.29 is 14.3 Å². The van der Waals surface area contributed by atoms with Crippen LogP contribution in [0.2, 0.25) is 0 Å². The van der Waals surface area contributed by atoms with Gasteiger partial charge in [-0.25, -0.2) is 9.18 Å². The van der Waals surface area contributed by atoms with Gasteiger partial charge >= 0.3 is 5.97 Å². The van der Waals surface area contributed by atoms with E-state index in [1.54, 1.807) is 0 Å². The lowest BCUT2D eigenvalue weighted by Gasteiger charge is -2.37. The van der Waals surface area contributed by atoms with Gasteiger partial charge in [0.25, 0.3) is 0 Å². The van der Waals surface area contributed by atoms with E-state index >= 15 is 0 Å². The molecule has 0 amide bonds. The molecule has 0 aliphatic carbocycles. The Kier molecular flexibility index (Phi) is 3.64. The lowest BCUT2D eigenvalue weighted by atomic mass is 9.91. The Labute approximate surface area is 112 Å². The second-order valence-corrected chi connectivity index (χ2v) is 5.55.